The summed E-state index contributed by atoms with van der Waals surface area (Å²) in [6, 6.07) is 14.6. The number of hydrogen-bond acceptors (Lipinski definition) is 6. The molecule has 0 amide bonds. The fourth-order valence-corrected chi connectivity index (χ4v) is 2.62. The number of hydrogen-bond donors (Lipinski definition) is 2. The summed E-state index contributed by atoms with van der Waals surface area (Å²) in [7, 11) is 1.33. The Morgan fingerprint density at radius 2 is 1.74 bits per heavy atom. The van der Waals surface area contributed by atoms with Gasteiger partial charge < -0.3 is 15.4 Å². The highest BCUT2D eigenvalue weighted by atomic mass is 35.5. The summed E-state index contributed by atoms with van der Waals surface area (Å²) < 4.78 is 4.75. The minimum atomic E-state index is -0.435. The summed E-state index contributed by atoms with van der Waals surface area (Å²) in [6.07, 6.45) is 0. The van der Waals surface area contributed by atoms with Crippen LogP contribution in [-0.2, 0) is 4.74 Å². The minimum Gasteiger partial charge on any atom is -0.465 e. The number of nitrogens with one attached hydrogen (secondary N) is 2. The lowest BCUT2D eigenvalue weighted by atomic mass is 10.2. The van der Waals surface area contributed by atoms with Crippen LogP contribution >= 0.6 is 11.6 Å². The summed E-state index contributed by atoms with van der Waals surface area (Å²) in [5.74, 6) is 0.581. The van der Waals surface area contributed by atoms with Gasteiger partial charge in [0, 0.05) is 17.4 Å². The zero-order chi connectivity index (χ0) is 19.4. The van der Waals surface area contributed by atoms with Crippen molar-refractivity contribution in [2.45, 2.75) is 13.8 Å². The molecule has 0 unspecified atom stereocenters. The summed E-state index contributed by atoms with van der Waals surface area (Å²) in [5, 5.41) is 6.78. The van der Waals surface area contributed by atoms with E-state index in [1.165, 1.54) is 12.7 Å². The van der Waals surface area contributed by atoms with Gasteiger partial charge in [-0.15, -0.1) is 0 Å². The predicted octanol–water partition coefficient (Wildman–Crippen LogP) is 5.02. The molecule has 1 aromatic heterocycles. The molecule has 0 saturated heterocycles. The zero-order valence-corrected chi connectivity index (χ0v) is 16.0. The molecule has 0 bridgehead atoms. The van der Waals surface area contributed by atoms with E-state index in [0.29, 0.717) is 28.0 Å². The molecule has 0 spiro atoms. The third-order valence-corrected chi connectivity index (χ3v) is 4.14. The average Bonchev–Trinajstić information content (AvgIpc) is 2.64. The molecule has 2 N–H and O–H groups in total. The van der Waals surface area contributed by atoms with Crippen LogP contribution in [0.25, 0.3) is 0 Å². The Labute approximate surface area is 162 Å². The minimum absolute atomic E-state index is 0.396. The molecule has 138 valence electrons. The van der Waals surface area contributed by atoms with E-state index in [0.717, 1.165) is 11.4 Å². The molecular formula is C20H19ClN4O2. The number of benzene rings is 2. The topological polar surface area (TPSA) is 76.1 Å². The van der Waals surface area contributed by atoms with Gasteiger partial charge in [-0.3, -0.25) is 0 Å². The lowest BCUT2D eigenvalue weighted by molar-refractivity contribution is 0.0601. The average molecular weight is 383 g/mol. The molecule has 0 atom stereocenters. The van der Waals surface area contributed by atoms with Crippen LogP contribution in [0.15, 0.2) is 48.5 Å². The molecule has 0 aliphatic heterocycles. The third-order valence-electron chi connectivity index (χ3n) is 3.81. The van der Waals surface area contributed by atoms with Gasteiger partial charge in [0.2, 0.25) is 5.95 Å². The van der Waals surface area contributed by atoms with E-state index in [9.17, 15) is 4.79 Å². The smallest absolute Gasteiger partial charge is 0.337 e. The second-order valence-electron chi connectivity index (χ2n) is 6.02. The highest BCUT2D eigenvalue weighted by Gasteiger charge is 2.11. The van der Waals surface area contributed by atoms with Gasteiger partial charge in [0.15, 0.2) is 0 Å². The first kappa shape index (κ1) is 18.7. The maximum atomic E-state index is 11.7. The number of aryl methyl sites for hydroxylation is 2. The Morgan fingerprint density at radius 1 is 1.00 bits per heavy atom. The van der Waals surface area contributed by atoms with E-state index in [2.05, 4.69) is 20.6 Å². The van der Waals surface area contributed by atoms with Gasteiger partial charge >= 0.3 is 5.97 Å². The van der Waals surface area contributed by atoms with Crippen LogP contribution in [0.3, 0.4) is 0 Å². The normalized spacial score (nSPS) is 10.4. The van der Waals surface area contributed by atoms with Crippen LogP contribution in [-0.4, -0.2) is 23.0 Å². The van der Waals surface area contributed by atoms with Gasteiger partial charge in [0.1, 0.15) is 5.82 Å². The molecule has 0 fully saturated rings. The van der Waals surface area contributed by atoms with Crippen LogP contribution in [0.5, 0.6) is 0 Å². The first-order valence-electron chi connectivity index (χ1n) is 8.29. The van der Waals surface area contributed by atoms with Crippen LogP contribution in [0.1, 0.15) is 21.6 Å². The summed E-state index contributed by atoms with van der Waals surface area (Å²) in [4.78, 5) is 20.6. The van der Waals surface area contributed by atoms with Crippen molar-refractivity contribution in [2.75, 3.05) is 17.7 Å². The van der Waals surface area contributed by atoms with Gasteiger partial charge in [-0.25, -0.2) is 9.78 Å². The number of esters is 1. The van der Waals surface area contributed by atoms with E-state index in [1.807, 2.05) is 38.1 Å². The number of aromatic nitrogens is 2. The Bertz CT molecular complexity index is 974. The summed E-state index contributed by atoms with van der Waals surface area (Å²) >= 11 is 6.24. The maximum absolute atomic E-state index is 11.7. The van der Waals surface area contributed by atoms with Gasteiger partial charge in [0.05, 0.1) is 23.4 Å². The number of carbonyl (C=O) groups is 1. The predicted molar refractivity (Wildman–Crippen MR) is 107 cm³/mol. The quantitative estimate of drug-likeness (QED) is 0.603. The van der Waals surface area contributed by atoms with Crippen LogP contribution in [0.2, 0.25) is 5.02 Å². The summed E-state index contributed by atoms with van der Waals surface area (Å²) in [6.45, 7) is 3.90. The first-order chi connectivity index (χ1) is 12.9. The second-order valence-corrected chi connectivity index (χ2v) is 6.43. The SMILES string of the molecule is COC(=O)c1ccc(Cl)c(Nc2cc(C)nc(Nc3ccc(C)cc3)n2)c1. The molecule has 0 aliphatic carbocycles. The van der Waals surface area contributed by atoms with E-state index < -0.39 is 5.97 Å². The van der Waals surface area contributed by atoms with Gasteiger partial charge in [-0.1, -0.05) is 29.3 Å². The van der Waals surface area contributed by atoms with Crippen molar-refractivity contribution in [3.8, 4) is 0 Å². The van der Waals surface area contributed by atoms with E-state index in [1.54, 1.807) is 24.3 Å². The number of methoxy groups -OCH3 is 1. The van der Waals surface area contributed by atoms with Crippen molar-refractivity contribution in [3.63, 3.8) is 0 Å². The molecule has 27 heavy (non-hydrogen) atoms. The van der Waals surface area contributed by atoms with Crippen molar-refractivity contribution in [1.82, 2.24) is 9.97 Å². The number of nitrogens with zero attached hydrogens (tertiary/aromatic N) is 2. The van der Waals surface area contributed by atoms with Gasteiger partial charge in [0.25, 0.3) is 0 Å². The van der Waals surface area contributed by atoms with Crippen molar-refractivity contribution in [2.24, 2.45) is 0 Å². The van der Waals surface area contributed by atoms with Gasteiger partial charge in [-0.2, -0.15) is 4.98 Å². The van der Waals surface area contributed by atoms with Crippen molar-refractivity contribution >= 4 is 40.7 Å². The highest BCUT2D eigenvalue weighted by Crippen LogP contribution is 2.27. The molecule has 0 radical (unpaired) electrons. The molecule has 7 heteroatoms. The Balaban J connectivity index is 1.86. The van der Waals surface area contributed by atoms with Crippen molar-refractivity contribution in [3.05, 3.63) is 70.4 Å². The number of ether oxygens (including phenoxy) is 1. The Hall–Kier alpha value is -3.12. The van der Waals surface area contributed by atoms with E-state index in [-0.39, 0.29) is 0 Å². The number of carbonyl (C=O) groups excluding carboxylic acids is 1. The molecule has 1 heterocycles. The summed E-state index contributed by atoms with van der Waals surface area (Å²) in [5.41, 5.74) is 3.80. The van der Waals surface area contributed by atoms with E-state index in [4.69, 9.17) is 16.3 Å². The van der Waals surface area contributed by atoms with E-state index >= 15 is 0 Å². The standard InChI is InChI=1S/C20H19ClN4O2/c1-12-4-7-15(8-5-12)23-20-22-13(2)10-18(25-20)24-17-11-14(19(26)27-3)6-9-16(17)21/h4-11H,1-3H3,(H2,22,23,24,25). The molecule has 0 saturated carbocycles. The Morgan fingerprint density at radius 3 is 2.44 bits per heavy atom. The Kier molecular flexibility index (Phi) is 5.57. The second kappa shape index (κ2) is 8.05. The highest BCUT2D eigenvalue weighted by molar-refractivity contribution is 6.33. The van der Waals surface area contributed by atoms with Crippen LogP contribution in [0, 0.1) is 13.8 Å². The third kappa shape index (κ3) is 4.74. The first-order valence-corrected chi connectivity index (χ1v) is 8.66. The van der Waals surface area contributed by atoms with Crippen molar-refractivity contribution < 1.29 is 9.53 Å². The fourth-order valence-electron chi connectivity index (χ4n) is 2.46. The fraction of sp³-hybridized carbons (Fsp3) is 0.150. The molecule has 3 aromatic rings. The van der Waals surface area contributed by atoms with Crippen LogP contribution < -0.4 is 10.6 Å². The molecule has 2 aromatic carbocycles. The molecule has 0 aliphatic rings. The largest absolute Gasteiger partial charge is 0.465 e. The molecular weight excluding hydrogens is 364 g/mol. The zero-order valence-electron chi connectivity index (χ0n) is 15.2. The maximum Gasteiger partial charge on any atom is 0.337 e. The number of rotatable bonds is 5. The lowest BCUT2D eigenvalue weighted by Crippen LogP contribution is -2.04. The molecule has 3 rings (SSSR count). The van der Waals surface area contributed by atoms with Crippen molar-refractivity contribution in [1.29, 1.82) is 0 Å². The molecule has 6 nitrogen and oxygen atoms in total. The monoisotopic (exact) mass is 382 g/mol. The van der Waals surface area contributed by atoms with Crippen LogP contribution in [0.4, 0.5) is 23.1 Å². The number of anilines is 4. The number of halogens is 1. The van der Waals surface area contributed by atoms with Gasteiger partial charge in [-0.05, 0) is 44.2 Å². The lowest BCUT2D eigenvalue weighted by Gasteiger charge is -2.12.